The predicted molar refractivity (Wildman–Crippen MR) is 69.7 cm³/mol. The first kappa shape index (κ1) is 14.5. The molecule has 0 fully saturated rings. The van der Waals surface area contributed by atoms with Crippen LogP contribution >= 0.6 is 11.6 Å². The molecule has 98 valence electrons. The molecule has 5 nitrogen and oxygen atoms in total. The highest BCUT2D eigenvalue weighted by atomic mass is 35.5. The number of rotatable bonds is 4. The molecule has 1 aromatic rings. The molecule has 0 radical (unpaired) electrons. The minimum Gasteiger partial charge on any atom is -0.383 e. The Morgan fingerprint density at radius 3 is 2.72 bits per heavy atom. The minimum absolute atomic E-state index is 0.289. The van der Waals surface area contributed by atoms with Gasteiger partial charge in [0.05, 0.1) is 6.61 Å². The molecule has 0 spiro atoms. The standard InChI is InChI=1S/C12H15ClN2O3/c1-8-9(13)4-3-5-10(8)15-12(17)11(16)14-6-7-18-2/h3-5H,6-7H2,1-2H3,(H,14,16)(H,15,17). The number of anilines is 1. The monoisotopic (exact) mass is 270 g/mol. The van der Waals surface area contributed by atoms with Gasteiger partial charge in [-0.1, -0.05) is 17.7 Å². The fourth-order valence-corrected chi connectivity index (χ4v) is 1.44. The lowest BCUT2D eigenvalue weighted by molar-refractivity contribution is -0.136. The number of carbonyl (C=O) groups excluding carboxylic acids is 2. The highest BCUT2D eigenvalue weighted by molar-refractivity contribution is 6.40. The molecule has 2 N–H and O–H groups in total. The van der Waals surface area contributed by atoms with E-state index in [9.17, 15) is 9.59 Å². The van der Waals surface area contributed by atoms with Gasteiger partial charge in [0.1, 0.15) is 0 Å². The third-order valence-corrected chi connectivity index (χ3v) is 2.72. The van der Waals surface area contributed by atoms with Crippen LogP contribution in [0, 0.1) is 6.92 Å². The van der Waals surface area contributed by atoms with E-state index >= 15 is 0 Å². The first-order chi connectivity index (χ1) is 8.56. The molecule has 0 aliphatic heterocycles. The van der Waals surface area contributed by atoms with Gasteiger partial charge in [-0.25, -0.2) is 0 Å². The van der Waals surface area contributed by atoms with E-state index < -0.39 is 11.8 Å². The molecule has 2 amide bonds. The predicted octanol–water partition coefficient (Wildman–Crippen LogP) is 1.35. The Hall–Kier alpha value is -1.59. The molecule has 0 heterocycles. The van der Waals surface area contributed by atoms with Crippen LogP contribution in [0.3, 0.4) is 0 Å². The molecular weight excluding hydrogens is 256 g/mol. The van der Waals surface area contributed by atoms with Crippen molar-refractivity contribution in [3.05, 3.63) is 28.8 Å². The molecule has 0 aromatic heterocycles. The van der Waals surface area contributed by atoms with E-state index in [2.05, 4.69) is 10.6 Å². The Bertz CT molecular complexity index is 449. The lowest BCUT2D eigenvalue weighted by Crippen LogP contribution is -2.37. The maximum Gasteiger partial charge on any atom is 0.313 e. The molecule has 0 bridgehead atoms. The van der Waals surface area contributed by atoms with Gasteiger partial charge >= 0.3 is 11.8 Å². The van der Waals surface area contributed by atoms with Crippen molar-refractivity contribution in [1.29, 1.82) is 0 Å². The van der Waals surface area contributed by atoms with E-state index in [4.69, 9.17) is 16.3 Å². The van der Waals surface area contributed by atoms with E-state index in [1.807, 2.05) is 0 Å². The van der Waals surface area contributed by atoms with Crippen molar-refractivity contribution in [2.45, 2.75) is 6.92 Å². The molecule has 0 saturated heterocycles. The summed E-state index contributed by atoms with van der Waals surface area (Å²) in [5.74, 6) is -1.43. The van der Waals surface area contributed by atoms with Crippen molar-refractivity contribution in [3.8, 4) is 0 Å². The van der Waals surface area contributed by atoms with Crippen molar-refractivity contribution in [1.82, 2.24) is 5.32 Å². The summed E-state index contributed by atoms with van der Waals surface area (Å²) >= 11 is 5.91. The van der Waals surface area contributed by atoms with Crippen LogP contribution in [0.15, 0.2) is 18.2 Å². The molecule has 0 unspecified atom stereocenters. The summed E-state index contributed by atoms with van der Waals surface area (Å²) in [6.45, 7) is 2.41. The number of methoxy groups -OCH3 is 1. The van der Waals surface area contributed by atoms with Crippen molar-refractivity contribution in [2.75, 3.05) is 25.6 Å². The molecule has 0 saturated carbocycles. The van der Waals surface area contributed by atoms with Gasteiger partial charge in [-0.15, -0.1) is 0 Å². The highest BCUT2D eigenvalue weighted by Crippen LogP contribution is 2.22. The summed E-state index contributed by atoms with van der Waals surface area (Å²) in [6, 6.07) is 5.10. The van der Waals surface area contributed by atoms with Gasteiger partial charge in [0.25, 0.3) is 0 Å². The molecule has 1 aromatic carbocycles. The normalized spacial score (nSPS) is 9.94. The quantitative estimate of drug-likeness (QED) is 0.641. The number of hydrogen-bond donors (Lipinski definition) is 2. The van der Waals surface area contributed by atoms with Crippen LogP contribution in [0.4, 0.5) is 5.69 Å². The largest absolute Gasteiger partial charge is 0.383 e. The summed E-state index contributed by atoms with van der Waals surface area (Å²) in [6.07, 6.45) is 0. The zero-order chi connectivity index (χ0) is 13.5. The second-order valence-corrected chi connectivity index (χ2v) is 4.02. The smallest absolute Gasteiger partial charge is 0.313 e. The molecule has 0 aliphatic rings. The second kappa shape index (κ2) is 6.98. The minimum atomic E-state index is -0.725. The van der Waals surface area contributed by atoms with Gasteiger partial charge < -0.3 is 15.4 Å². The van der Waals surface area contributed by atoms with E-state index in [1.54, 1.807) is 25.1 Å². The summed E-state index contributed by atoms with van der Waals surface area (Å²) < 4.78 is 4.76. The SMILES string of the molecule is COCCNC(=O)C(=O)Nc1cccc(Cl)c1C. The summed E-state index contributed by atoms with van der Waals surface area (Å²) in [4.78, 5) is 23.0. The number of amides is 2. The van der Waals surface area contributed by atoms with Crippen molar-refractivity contribution < 1.29 is 14.3 Å². The van der Waals surface area contributed by atoms with Gasteiger partial charge in [0, 0.05) is 24.4 Å². The molecule has 1 rings (SSSR count). The molecule has 0 atom stereocenters. The summed E-state index contributed by atoms with van der Waals surface area (Å²) in [7, 11) is 1.52. The van der Waals surface area contributed by atoms with Crippen molar-refractivity contribution in [2.24, 2.45) is 0 Å². The number of carbonyl (C=O) groups is 2. The van der Waals surface area contributed by atoms with Crippen LogP contribution in [0.25, 0.3) is 0 Å². The highest BCUT2D eigenvalue weighted by Gasteiger charge is 2.14. The molecular formula is C12H15ClN2O3. The van der Waals surface area contributed by atoms with Crippen LogP contribution in [0.5, 0.6) is 0 Å². The van der Waals surface area contributed by atoms with Gasteiger partial charge in [-0.2, -0.15) is 0 Å². The number of hydrogen-bond acceptors (Lipinski definition) is 3. The van der Waals surface area contributed by atoms with E-state index in [0.717, 1.165) is 5.56 Å². The van der Waals surface area contributed by atoms with Gasteiger partial charge in [0.2, 0.25) is 0 Å². The fraction of sp³-hybridized carbons (Fsp3) is 0.333. The number of ether oxygens (including phenoxy) is 1. The maximum absolute atomic E-state index is 11.6. The molecule has 0 aliphatic carbocycles. The second-order valence-electron chi connectivity index (χ2n) is 3.62. The van der Waals surface area contributed by atoms with E-state index in [0.29, 0.717) is 17.3 Å². The Labute approximate surface area is 110 Å². The Morgan fingerprint density at radius 1 is 1.33 bits per heavy atom. The summed E-state index contributed by atoms with van der Waals surface area (Å²) in [5.41, 5.74) is 1.24. The Balaban J connectivity index is 2.59. The van der Waals surface area contributed by atoms with Crippen LogP contribution in [-0.4, -0.2) is 32.1 Å². The molecule has 18 heavy (non-hydrogen) atoms. The third-order valence-electron chi connectivity index (χ3n) is 2.31. The first-order valence-electron chi connectivity index (χ1n) is 5.39. The van der Waals surface area contributed by atoms with Crippen LogP contribution in [0.1, 0.15) is 5.56 Å². The fourth-order valence-electron chi connectivity index (χ4n) is 1.27. The average molecular weight is 271 g/mol. The average Bonchev–Trinajstić information content (AvgIpc) is 2.35. The topological polar surface area (TPSA) is 67.4 Å². The van der Waals surface area contributed by atoms with Gasteiger partial charge in [-0.3, -0.25) is 9.59 Å². The van der Waals surface area contributed by atoms with Gasteiger partial charge in [-0.05, 0) is 24.6 Å². The lowest BCUT2D eigenvalue weighted by atomic mass is 10.2. The van der Waals surface area contributed by atoms with E-state index in [1.165, 1.54) is 7.11 Å². The van der Waals surface area contributed by atoms with Gasteiger partial charge in [0.15, 0.2) is 0 Å². The zero-order valence-electron chi connectivity index (χ0n) is 10.2. The Kier molecular flexibility index (Phi) is 5.61. The van der Waals surface area contributed by atoms with Crippen molar-refractivity contribution in [3.63, 3.8) is 0 Å². The summed E-state index contributed by atoms with van der Waals surface area (Å²) in [5, 5.41) is 5.46. The molecule has 6 heteroatoms. The first-order valence-corrected chi connectivity index (χ1v) is 5.77. The van der Waals surface area contributed by atoms with E-state index in [-0.39, 0.29) is 6.54 Å². The maximum atomic E-state index is 11.6. The number of benzene rings is 1. The van der Waals surface area contributed by atoms with Crippen LogP contribution in [0.2, 0.25) is 5.02 Å². The lowest BCUT2D eigenvalue weighted by Gasteiger charge is -2.09. The van der Waals surface area contributed by atoms with Crippen molar-refractivity contribution >= 4 is 29.1 Å². The number of halogens is 1. The third kappa shape index (κ3) is 4.01. The van der Waals surface area contributed by atoms with Crippen LogP contribution < -0.4 is 10.6 Å². The number of nitrogens with one attached hydrogen (secondary N) is 2. The van der Waals surface area contributed by atoms with Crippen LogP contribution in [-0.2, 0) is 14.3 Å². The zero-order valence-corrected chi connectivity index (χ0v) is 11.0. The Morgan fingerprint density at radius 2 is 2.06 bits per heavy atom.